The summed E-state index contributed by atoms with van der Waals surface area (Å²) in [5.74, 6) is -0.129. The van der Waals surface area contributed by atoms with Crippen molar-refractivity contribution in [2.45, 2.75) is 63.6 Å². The molecule has 0 unspecified atom stereocenters. The molecule has 2 saturated heterocycles. The number of hydrogen-bond acceptors (Lipinski definition) is 5. The van der Waals surface area contributed by atoms with E-state index in [4.69, 9.17) is 4.74 Å². The third kappa shape index (κ3) is 7.37. The molecule has 230 valence electrons. The number of likely N-dealkylation sites (tertiary alicyclic amines) is 2. The Morgan fingerprint density at radius 1 is 1.05 bits per heavy atom. The Kier molecular flexibility index (Phi) is 10.0. The van der Waals surface area contributed by atoms with E-state index in [0.29, 0.717) is 58.0 Å². The molecule has 2 aromatic carbocycles. The highest BCUT2D eigenvalue weighted by molar-refractivity contribution is 9.10. The molecule has 0 bridgehead atoms. The number of carbonyl (C=O) groups is 3. The third-order valence-electron chi connectivity index (χ3n) is 9.42. The van der Waals surface area contributed by atoms with Gasteiger partial charge in [0.05, 0.1) is 0 Å². The van der Waals surface area contributed by atoms with E-state index in [1.54, 1.807) is 4.90 Å². The smallest absolute Gasteiger partial charge is 0.410 e. The molecule has 2 aromatic rings. The number of amides is 4. The average molecular weight is 652 g/mol. The molecule has 11 heteroatoms. The Morgan fingerprint density at radius 2 is 1.72 bits per heavy atom. The molecule has 0 radical (unpaired) electrons. The van der Waals surface area contributed by atoms with Crippen LogP contribution < -0.4 is 10.8 Å². The number of urea groups is 1. The Bertz CT molecular complexity index is 1320. The van der Waals surface area contributed by atoms with Gasteiger partial charge in [0.25, 0.3) is 5.91 Å². The lowest BCUT2D eigenvalue weighted by Gasteiger charge is -2.39. The molecule has 1 atom stereocenters. The maximum absolute atomic E-state index is 13.8. The summed E-state index contributed by atoms with van der Waals surface area (Å²) in [5.41, 5.74) is 5.23. The van der Waals surface area contributed by atoms with Crippen LogP contribution in [-0.2, 0) is 22.4 Å². The molecule has 4 amide bonds. The van der Waals surface area contributed by atoms with Crippen LogP contribution in [0, 0.1) is 6.92 Å². The van der Waals surface area contributed by atoms with E-state index in [1.807, 2.05) is 41.9 Å². The highest BCUT2D eigenvalue weighted by Gasteiger charge is 2.35. The van der Waals surface area contributed by atoms with Crippen molar-refractivity contribution < 1.29 is 19.1 Å². The second kappa shape index (κ2) is 13.7. The minimum Gasteiger partial charge on any atom is -0.436 e. The van der Waals surface area contributed by atoms with Crippen molar-refractivity contribution in [1.29, 1.82) is 0 Å². The van der Waals surface area contributed by atoms with Crippen LogP contribution >= 0.6 is 15.9 Å². The number of halogens is 1. The first-order valence-electron chi connectivity index (χ1n) is 15.4. The average Bonchev–Trinajstić information content (AvgIpc) is 3.17. The minimum absolute atomic E-state index is 0.0432. The van der Waals surface area contributed by atoms with Gasteiger partial charge in [0.1, 0.15) is 7.85 Å². The van der Waals surface area contributed by atoms with Gasteiger partial charge in [-0.25, -0.2) is 9.59 Å². The lowest BCUT2D eigenvalue weighted by atomic mass is 9.88. The van der Waals surface area contributed by atoms with Crippen LogP contribution in [-0.4, -0.2) is 110 Å². The van der Waals surface area contributed by atoms with E-state index >= 15 is 0 Å². The van der Waals surface area contributed by atoms with E-state index in [-0.39, 0.29) is 18.0 Å². The molecule has 0 aliphatic carbocycles. The lowest BCUT2D eigenvalue weighted by molar-refractivity contribution is -0.142. The van der Waals surface area contributed by atoms with E-state index < -0.39 is 12.2 Å². The molecule has 1 N–H and O–H groups in total. The number of benzene rings is 2. The van der Waals surface area contributed by atoms with Gasteiger partial charge < -0.3 is 29.7 Å². The zero-order valence-electron chi connectivity index (χ0n) is 25.8. The summed E-state index contributed by atoms with van der Waals surface area (Å²) in [7, 11) is 6.20. The number of piperidine rings is 2. The standard InChI is InChI=1S/C32H43BBrN5O4/c1-21-26(33)18-22(19-27(21)34)20-29(30(40)37-13-9-24(10-14-37)36(2)3)43-32(42)38-15-11-25(12-16-38)39-17-8-23-6-4-5-7-28(23)35-31(39)41/h4-7,18-19,24-25,29H,8-17,20,33H2,1-3H3,(H,35,41)/t29-/m1/s1. The van der Waals surface area contributed by atoms with Gasteiger partial charge in [-0.3, -0.25) is 4.79 Å². The summed E-state index contributed by atoms with van der Waals surface area (Å²) in [5, 5.41) is 3.05. The first-order valence-corrected chi connectivity index (χ1v) is 16.2. The maximum Gasteiger partial charge on any atom is 0.410 e. The number of rotatable bonds is 6. The molecule has 0 spiro atoms. The van der Waals surface area contributed by atoms with Crippen molar-refractivity contribution in [2.24, 2.45) is 0 Å². The normalized spacial score (nSPS) is 19.1. The number of carbonyl (C=O) groups excluding carboxylic acids is 3. The van der Waals surface area contributed by atoms with E-state index in [1.165, 1.54) is 0 Å². The highest BCUT2D eigenvalue weighted by Crippen LogP contribution is 2.26. The monoisotopic (exact) mass is 651 g/mol. The van der Waals surface area contributed by atoms with Gasteiger partial charge in [0.2, 0.25) is 0 Å². The summed E-state index contributed by atoms with van der Waals surface area (Å²) in [6, 6.07) is 12.4. The lowest BCUT2D eigenvalue weighted by Crippen LogP contribution is -2.52. The minimum atomic E-state index is -0.898. The number of nitrogens with one attached hydrogen (secondary N) is 1. The van der Waals surface area contributed by atoms with Gasteiger partial charge in [0.15, 0.2) is 6.10 Å². The second-order valence-electron chi connectivity index (χ2n) is 12.4. The van der Waals surface area contributed by atoms with E-state index in [2.05, 4.69) is 59.3 Å². The molecular formula is C32H43BBrN5O4. The zero-order chi connectivity index (χ0) is 30.7. The summed E-state index contributed by atoms with van der Waals surface area (Å²) >= 11 is 3.64. The summed E-state index contributed by atoms with van der Waals surface area (Å²) in [6.07, 6.45) is 2.89. The molecule has 2 fully saturated rings. The van der Waals surface area contributed by atoms with Crippen molar-refractivity contribution in [3.63, 3.8) is 0 Å². The Balaban J connectivity index is 1.23. The number of nitrogens with zero attached hydrogens (tertiary/aromatic N) is 4. The van der Waals surface area contributed by atoms with Gasteiger partial charge >= 0.3 is 12.1 Å². The summed E-state index contributed by atoms with van der Waals surface area (Å²) in [4.78, 5) is 48.0. The topological polar surface area (TPSA) is 85.4 Å². The molecule has 43 heavy (non-hydrogen) atoms. The molecule has 0 saturated carbocycles. The van der Waals surface area contributed by atoms with Crippen LogP contribution in [0.25, 0.3) is 0 Å². The van der Waals surface area contributed by atoms with Crippen molar-refractivity contribution in [3.05, 3.63) is 57.6 Å². The van der Waals surface area contributed by atoms with Crippen LogP contribution in [0.4, 0.5) is 15.3 Å². The molecule has 3 aliphatic heterocycles. The Hall–Kier alpha value is -3.05. The largest absolute Gasteiger partial charge is 0.436 e. The summed E-state index contributed by atoms with van der Waals surface area (Å²) < 4.78 is 7.02. The van der Waals surface area contributed by atoms with Crippen LogP contribution in [0.15, 0.2) is 40.9 Å². The number of para-hydroxylation sites is 1. The van der Waals surface area contributed by atoms with Crippen LogP contribution in [0.3, 0.4) is 0 Å². The SMILES string of the molecule is Bc1cc(C[C@@H](OC(=O)N2CCC(N3CCc4ccccc4NC3=O)CC2)C(=O)N2CCC(N(C)C)CC2)cc(Br)c1C. The van der Waals surface area contributed by atoms with Crippen LogP contribution in [0.1, 0.15) is 42.4 Å². The van der Waals surface area contributed by atoms with Gasteiger partial charge in [-0.1, -0.05) is 45.7 Å². The fourth-order valence-corrected chi connectivity index (χ4v) is 7.11. The van der Waals surface area contributed by atoms with Crippen molar-refractivity contribution >= 4 is 53.0 Å². The first-order chi connectivity index (χ1) is 20.6. The predicted molar refractivity (Wildman–Crippen MR) is 175 cm³/mol. The fraction of sp³-hybridized carbons (Fsp3) is 0.531. The van der Waals surface area contributed by atoms with Gasteiger partial charge in [0, 0.05) is 61.4 Å². The van der Waals surface area contributed by atoms with Crippen molar-refractivity contribution in [1.82, 2.24) is 19.6 Å². The Morgan fingerprint density at radius 3 is 2.40 bits per heavy atom. The third-order valence-corrected chi connectivity index (χ3v) is 10.2. The van der Waals surface area contributed by atoms with E-state index in [9.17, 15) is 14.4 Å². The van der Waals surface area contributed by atoms with Crippen LogP contribution in [0.5, 0.6) is 0 Å². The van der Waals surface area contributed by atoms with Crippen molar-refractivity contribution in [3.8, 4) is 0 Å². The van der Waals surface area contributed by atoms with Gasteiger partial charge in [-0.2, -0.15) is 0 Å². The molecule has 3 heterocycles. The van der Waals surface area contributed by atoms with Crippen molar-refractivity contribution in [2.75, 3.05) is 52.1 Å². The molecule has 5 rings (SSSR count). The predicted octanol–water partition coefficient (Wildman–Crippen LogP) is 3.17. The van der Waals surface area contributed by atoms with Gasteiger partial charge in [-0.15, -0.1) is 0 Å². The first kappa shape index (κ1) is 31.4. The molecule has 3 aliphatic rings. The maximum atomic E-state index is 13.8. The second-order valence-corrected chi connectivity index (χ2v) is 13.2. The molecule has 0 aromatic heterocycles. The number of ether oxygens (including phenoxy) is 1. The highest BCUT2D eigenvalue weighted by atomic mass is 79.9. The quantitative estimate of drug-likeness (QED) is 0.485. The molecular weight excluding hydrogens is 609 g/mol. The fourth-order valence-electron chi connectivity index (χ4n) is 6.50. The Labute approximate surface area is 264 Å². The number of anilines is 1. The van der Waals surface area contributed by atoms with Gasteiger partial charge in [-0.05, 0) is 81.9 Å². The number of fused-ring (bicyclic) bond motifs is 1. The zero-order valence-corrected chi connectivity index (χ0v) is 27.4. The molecule has 9 nitrogen and oxygen atoms in total. The number of hydrogen-bond donors (Lipinski definition) is 1. The van der Waals surface area contributed by atoms with E-state index in [0.717, 1.165) is 51.6 Å². The summed E-state index contributed by atoms with van der Waals surface area (Å²) in [6.45, 7) is 4.96. The van der Waals surface area contributed by atoms with Crippen LogP contribution in [0.2, 0.25) is 0 Å².